The van der Waals surface area contributed by atoms with Crippen LogP contribution in [0.15, 0.2) is 124 Å². The van der Waals surface area contributed by atoms with Crippen molar-refractivity contribution >= 4 is 112 Å². The zero-order chi connectivity index (χ0) is 46.6. The molecule has 0 bridgehead atoms. The lowest BCUT2D eigenvalue weighted by Gasteiger charge is -2.45. The van der Waals surface area contributed by atoms with E-state index in [0.29, 0.717) is 0 Å². The number of aromatic nitrogens is 1. The van der Waals surface area contributed by atoms with Crippen LogP contribution in [0, 0.1) is 6.92 Å². The molecule has 6 heteroatoms. The summed E-state index contributed by atoms with van der Waals surface area (Å²) in [4.78, 5) is 5.14. The second-order valence-electron chi connectivity index (χ2n) is 24.0. The van der Waals surface area contributed by atoms with Gasteiger partial charge in [0.1, 0.15) is 11.2 Å². The minimum Gasteiger partial charge on any atom is -0.468 e. The Morgan fingerprint density at radius 3 is 1.72 bits per heavy atom. The Bertz CT molecular complexity index is 3830. The van der Waals surface area contributed by atoms with Crippen molar-refractivity contribution in [3.8, 4) is 5.69 Å². The van der Waals surface area contributed by atoms with Gasteiger partial charge in [-0.15, -0.1) is 0 Å². The van der Waals surface area contributed by atoms with Gasteiger partial charge in [0.2, 0.25) is 0 Å². The molecular weight excluding hydrogens is 818 g/mol. The van der Waals surface area contributed by atoms with Gasteiger partial charge >= 0.3 is 0 Å². The van der Waals surface area contributed by atoms with Crippen molar-refractivity contribution in [2.24, 2.45) is 0 Å². The van der Waals surface area contributed by atoms with Crippen molar-refractivity contribution in [3.05, 3.63) is 143 Å². The summed E-state index contributed by atoms with van der Waals surface area (Å²) in [7, 11) is 0. The summed E-state index contributed by atoms with van der Waals surface area (Å²) in [5, 5.41) is 5.93. The molecule has 0 atom stereocenters. The van der Waals surface area contributed by atoms with Crippen molar-refractivity contribution in [2.75, 3.05) is 9.80 Å². The fraction of sp³-hybridized carbons (Fsp3) is 0.279. The number of anilines is 6. The van der Waals surface area contributed by atoms with Gasteiger partial charge < -0.3 is 23.2 Å². The molecule has 0 aliphatic carbocycles. The summed E-state index contributed by atoms with van der Waals surface area (Å²) in [6, 6.07) is 44.0. The van der Waals surface area contributed by atoms with Gasteiger partial charge in [-0.25, -0.2) is 0 Å². The molecule has 7 aromatic carbocycles. The summed E-state index contributed by atoms with van der Waals surface area (Å²) in [5.74, 6) is 0. The van der Waals surface area contributed by atoms with Crippen molar-refractivity contribution < 1.29 is 8.83 Å². The highest BCUT2D eigenvalue weighted by Crippen LogP contribution is 2.56. The van der Waals surface area contributed by atoms with E-state index in [1.54, 1.807) is 0 Å². The van der Waals surface area contributed by atoms with Gasteiger partial charge in [0, 0.05) is 38.3 Å². The molecule has 3 aromatic heterocycles. The summed E-state index contributed by atoms with van der Waals surface area (Å²) in [6.07, 6.45) is 0. The smallest absolute Gasteiger partial charge is 0.297 e. The van der Waals surface area contributed by atoms with E-state index in [4.69, 9.17) is 8.83 Å². The minimum atomic E-state index is -0.193. The van der Waals surface area contributed by atoms with Crippen LogP contribution in [0.25, 0.3) is 60.4 Å². The molecule has 0 amide bonds. The monoisotopic (exact) mass is 875 g/mol. The predicted molar refractivity (Wildman–Crippen MR) is 285 cm³/mol. The third kappa shape index (κ3) is 5.50. The number of furan rings is 2. The minimum absolute atomic E-state index is 0.00144. The Hall–Kier alpha value is -6.66. The van der Waals surface area contributed by atoms with Crippen molar-refractivity contribution in [1.82, 2.24) is 4.57 Å². The number of hydrogen-bond acceptors (Lipinski definition) is 4. The second-order valence-corrected chi connectivity index (χ2v) is 24.0. The lowest BCUT2D eigenvalue weighted by atomic mass is 9.35. The van der Waals surface area contributed by atoms with Crippen LogP contribution in [-0.4, -0.2) is 11.3 Å². The van der Waals surface area contributed by atoms with Crippen LogP contribution in [0.5, 0.6) is 0 Å². The molecule has 0 unspecified atom stereocenters. The van der Waals surface area contributed by atoms with Gasteiger partial charge in [-0.3, -0.25) is 0 Å². The van der Waals surface area contributed by atoms with Crippen LogP contribution in [0.3, 0.4) is 0 Å². The Morgan fingerprint density at radius 2 is 1.01 bits per heavy atom. The molecule has 5 nitrogen and oxygen atoms in total. The first-order valence-corrected chi connectivity index (χ1v) is 24.2. The van der Waals surface area contributed by atoms with E-state index in [1.807, 2.05) is 0 Å². The maximum absolute atomic E-state index is 7.46. The van der Waals surface area contributed by atoms with Crippen LogP contribution in [0.2, 0.25) is 0 Å². The molecule has 0 spiro atoms. The lowest BCUT2D eigenvalue weighted by Crippen LogP contribution is -2.61. The summed E-state index contributed by atoms with van der Waals surface area (Å²) in [6.45, 7) is 30.1. The average molecular weight is 876 g/mol. The normalized spacial score (nSPS) is 14.6. The molecule has 0 fully saturated rings. The number of hydrogen-bond donors (Lipinski definition) is 0. The molecule has 3 aliphatic rings. The van der Waals surface area contributed by atoms with Crippen LogP contribution in [-0.2, 0) is 21.7 Å². The summed E-state index contributed by atoms with van der Waals surface area (Å²) < 4.78 is 17.0. The molecular formula is C61H58BN3O2. The topological polar surface area (TPSA) is 37.7 Å². The largest absolute Gasteiger partial charge is 0.468 e. The Labute approximate surface area is 394 Å². The summed E-state index contributed by atoms with van der Waals surface area (Å²) >= 11 is 0. The first-order valence-electron chi connectivity index (χ1n) is 24.2. The van der Waals surface area contributed by atoms with E-state index >= 15 is 0 Å². The Kier molecular flexibility index (Phi) is 7.79. The first kappa shape index (κ1) is 40.6. The predicted octanol–water partition coefficient (Wildman–Crippen LogP) is 15.3. The highest BCUT2D eigenvalue weighted by atomic mass is 16.3. The van der Waals surface area contributed by atoms with Gasteiger partial charge in [0.15, 0.2) is 5.58 Å². The van der Waals surface area contributed by atoms with E-state index in [1.165, 1.54) is 83.3 Å². The third-order valence-corrected chi connectivity index (χ3v) is 15.3. The zero-order valence-corrected chi connectivity index (χ0v) is 41.2. The third-order valence-electron chi connectivity index (χ3n) is 15.3. The van der Waals surface area contributed by atoms with E-state index in [2.05, 4.69) is 220 Å². The fourth-order valence-electron chi connectivity index (χ4n) is 11.7. The molecule has 3 aliphatic heterocycles. The standard InChI is InChI=1S/C61H58BN3O2/c1-33-25-46-52-47(26-33)65-48-31-36(60(8,9)10)29-41-40-27-34(58(2,3)4)21-23-44(40)63(53(41)48)49-32-37(61(11,12)13)30-43(55(49)65)62(52)57-54(42-28-35(59(5,6)7)22-24-51(42)67-57)64(46)45-19-16-18-39-38-17-14-15-20-50(38)66-56(39)45/h14-32H,1-13H3. The first-order chi connectivity index (χ1) is 31.7. The molecule has 0 saturated carbocycles. The molecule has 6 heterocycles. The average Bonchev–Trinajstić information content (AvgIpc) is 3.94. The molecule has 67 heavy (non-hydrogen) atoms. The number of benzene rings is 7. The number of rotatable bonds is 1. The van der Waals surface area contributed by atoms with Gasteiger partial charge in [-0.1, -0.05) is 132 Å². The molecule has 10 aromatic rings. The molecule has 0 saturated heterocycles. The number of aryl methyl sites for hydroxylation is 1. The van der Waals surface area contributed by atoms with E-state index in [0.717, 1.165) is 55.6 Å². The van der Waals surface area contributed by atoms with E-state index < -0.39 is 0 Å². The van der Waals surface area contributed by atoms with Crippen LogP contribution in [0.4, 0.5) is 34.1 Å². The Balaban J connectivity index is 1.22. The summed E-state index contributed by atoms with van der Waals surface area (Å²) in [5.41, 5.74) is 22.9. The maximum atomic E-state index is 7.46. The van der Waals surface area contributed by atoms with Crippen molar-refractivity contribution in [2.45, 2.75) is 112 Å². The maximum Gasteiger partial charge on any atom is 0.297 e. The van der Waals surface area contributed by atoms with Gasteiger partial charge in [0.05, 0.1) is 45.1 Å². The number of para-hydroxylation sites is 2. The van der Waals surface area contributed by atoms with Gasteiger partial charge in [0.25, 0.3) is 6.71 Å². The van der Waals surface area contributed by atoms with Crippen LogP contribution >= 0.6 is 0 Å². The Morgan fingerprint density at radius 1 is 0.433 bits per heavy atom. The fourth-order valence-corrected chi connectivity index (χ4v) is 11.7. The van der Waals surface area contributed by atoms with Gasteiger partial charge in [-0.05, 0) is 134 Å². The molecule has 0 N–H and O–H groups in total. The quantitative estimate of drug-likeness (QED) is 0.154. The highest BCUT2D eigenvalue weighted by Gasteiger charge is 2.50. The lowest BCUT2D eigenvalue weighted by molar-refractivity contribution is 0.589. The van der Waals surface area contributed by atoms with Crippen LogP contribution < -0.4 is 26.4 Å². The number of nitrogens with zero attached hydrogens (tertiary/aromatic N) is 3. The zero-order valence-electron chi connectivity index (χ0n) is 41.2. The van der Waals surface area contributed by atoms with E-state index in [9.17, 15) is 0 Å². The molecule has 13 rings (SSSR count). The second kappa shape index (κ2) is 12.9. The van der Waals surface area contributed by atoms with Crippen molar-refractivity contribution in [1.29, 1.82) is 0 Å². The van der Waals surface area contributed by atoms with Gasteiger partial charge in [-0.2, -0.15) is 0 Å². The number of fused-ring (bicyclic) bond motifs is 14. The van der Waals surface area contributed by atoms with Crippen molar-refractivity contribution in [3.63, 3.8) is 0 Å². The van der Waals surface area contributed by atoms with Crippen LogP contribution in [0.1, 0.15) is 111 Å². The molecule has 332 valence electrons. The highest BCUT2D eigenvalue weighted by molar-refractivity contribution is 7.00. The van der Waals surface area contributed by atoms with E-state index in [-0.39, 0.29) is 28.4 Å². The molecule has 0 radical (unpaired) electrons. The SMILES string of the molecule is Cc1cc2c3c(c1)N1c4c(cc(C(C)(C)C)cc4-n4c5ccc(C(C)(C)C)cc5c5cc(C(C)(C)C)cc1c54)B3c1oc3ccc(C(C)(C)C)cc3c1N2c1cccc2c1oc1ccccc12.